The fraction of sp³-hybridized carbons (Fsp3) is 0.417. The maximum absolute atomic E-state index is 13.1. The number of nitriles is 1. The zero-order valence-corrected chi connectivity index (χ0v) is 8.58. The molecule has 0 bridgehead atoms. The summed E-state index contributed by atoms with van der Waals surface area (Å²) >= 11 is 0. The Labute approximate surface area is 89.3 Å². The molecule has 0 saturated carbocycles. The van der Waals surface area contributed by atoms with Crippen molar-refractivity contribution in [2.75, 3.05) is 6.61 Å². The highest BCUT2D eigenvalue weighted by molar-refractivity contribution is 5.23. The standard InChI is InChI=1S/C12H14FNO/c13-11-7-3-4-8-12(11)15-10-6-2-1-5-9-14/h3-4,7-8H,1-2,5-6,10H2. The second kappa shape index (κ2) is 6.83. The van der Waals surface area contributed by atoms with Crippen molar-refractivity contribution in [3.05, 3.63) is 30.1 Å². The lowest BCUT2D eigenvalue weighted by Gasteiger charge is -2.05. The Bertz CT molecular complexity index is 333. The lowest BCUT2D eigenvalue weighted by molar-refractivity contribution is 0.291. The van der Waals surface area contributed by atoms with Crippen LogP contribution in [0, 0.1) is 17.1 Å². The van der Waals surface area contributed by atoms with E-state index < -0.39 is 0 Å². The summed E-state index contributed by atoms with van der Waals surface area (Å²) in [6, 6.07) is 8.46. The monoisotopic (exact) mass is 207 g/mol. The van der Waals surface area contributed by atoms with Gasteiger partial charge >= 0.3 is 0 Å². The molecule has 0 aliphatic carbocycles. The summed E-state index contributed by atoms with van der Waals surface area (Å²) in [5.74, 6) is -0.0210. The van der Waals surface area contributed by atoms with Crippen LogP contribution in [0.1, 0.15) is 25.7 Å². The maximum Gasteiger partial charge on any atom is 0.165 e. The lowest BCUT2D eigenvalue weighted by atomic mass is 10.2. The van der Waals surface area contributed by atoms with Crippen LogP contribution in [0.5, 0.6) is 5.75 Å². The van der Waals surface area contributed by atoms with E-state index in [1.54, 1.807) is 18.2 Å². The van der Waals surface area contributed by atoms with Gasteiger partial charge in [-0.25, -0.2) is 4.39 Å². The van der Waals surface area contributed by atoms with Crippen molar-refractivity contribution >= 4 is 0 Å². The number of ether oxygens (including phenoxy) is 1. The fourth-order valence-electron chi connectivity index (χ4n) is 1.23. The lowest BCUT2D eigenvalue weighted by Crippen LogP contribution is -1.98. The highest BCUT2D eigenvalue weighted by Crippen LogP contribution is 2.15. The number of nitrogens with zero attached hydrogens (tertiary/aromatic N) is 1. The largest absolute Gasteiger partial charge is 0.491 e. The van der Waals surface area contributed by atoms with Gasteiger partial charge in [0, 0.05) is 6.42 Å². The van der Waals surface area contributed by atoms with E-state index in [1.807, 2.05) is 0 Å². The quantitative estimate of drug-likeness (QED) is 0.670. The van der Waals surface area contributed by atoms with Crippen LogP contribution in [0.3, 0.4) is 0 Å². The number of unbranched alkanes of at least 4 members (excludes halogenated alkanes) is 3. The van der Waals surface area contributed by atoms with Crippen LogP contribution in [0.2, 0.25) is 0 Å². The van der Waals surface area contributed by atoms with Crippen LogP contribution in [0.15, 0.2) is 24.3 Å². The van der Waals surface area contributed by atoms with Crippen LogP contribution in [0.4, 0.5) is 4.39 Å². The predicted octanol–water partition coefficient (Wildman–Crippen LogP) is 3.29. The van der Waals surface area contributed by atoms with Crippen molar-refractivity contribution in [2.45, 2.75) is 25.7 Å². The zero-order chi connectivity index (χ0) is 10.9. The zero-order valence-electron chi connectivity index (χ0n) is 8.58. The van der Waals surface area contributed by atoms with Crippen molar-refractivity contribution in [1.29, 1.82) is 5.26 Å². The van der Waals surface area contributed by atoms with Gasteiger partial charge in [0.25, 0.3) is 0 Å². The third-order valence-corrected chi connectivity index (χ3v) is 2.03. The van der Waals surface area contributed by atoms with Crippen molar-refractivity contribution in [1.82, 2.24) is 0 Å². The smallest absolute Gasteiger partial charge is 0.165 e. The summed E-state index contributed by atoms with van der Waals surface area (Å²) < 4.78 is 18.3. The third kappa shape index (κ3) is 4.46. The predicted molar refractivity (Wildman–Crippen MR) is 56.0 cm³/mol. The van der Waals surface area contributed by atoms with Gasteiger partial charge in [-0.2, -0.15) is 5.26 Å². The third-order valence-electron chi connectivity index (χ3n) is 2.03. The van der Waals surface area contributed by atoms with Crippen LogP contribution >= 0.6 is 0 Å². The molecule has 80 valence electrons. The van der Waals surface area contributed by atoms with Gasteiger partial charge in [-0.3, -0.25) is 0 Å². The molecule has 0 N–H and O–H groups in total. The van der Waals surface area contributed by atoms with E-state index in [-0.39, 0.29) is 5.82 Å². The van der Waals surface area contributed by atoms with Crippen molar-refractivity contribution in [3.8, 4) is 11.8 Å². The van der Waals surface area contributed by atoms with Gasteiger partial charge in [0.2, 0.25) is 0 Å². The maximum atomic E-state index is 13.1. The molecule has 3 heteroatoms. The van der Waals surface area contributed by atoms with Gasteiger partial charge in [-0.1, -0.05) is 12.1 Å². The summed E-state index contributed by atoms with van der Waals surface area (Å²) in [6.07, 6.45) is 3.27. The van der Waals surface area contributed by atoms with Gasteiger partial charge in [-0.15, -0.1) is 0 Å². The molecule has 0 radical (unpaired) electrons. The van der Waals surface area contributed by atoms with Gasteiger partial charge < -0.3 is 4.74 Å². The Kier molecular flexibility index (Phi) is 5.24. The summed E-state index contributed by atoms with van der Waals surface area (Å²) in [5, 5.41) is 8.31. The summed E-state index contributed by atoms with van der Waals surface area (Å²) in [4.78, 5) is 0. The second-order valence-corrected chi connectivity index (χ2v) is 3.25. The molecule has 0 unspecified atom stereocenters. The Morgan fingerprint density at radius 1 is 1.20 bits per heavy atom. The minimum atomic E-state index is -0.325. The molecule has 0 aromatic heterocycles. The Balaban J connectivity index is 2.16. The van der Waals surface area contributed by atoms with E-state index in [0.717, 1.165) is 19.3 Å². The summed E-state index contributed by atoms with van der Waals surface area (Å²) in [5.41, 5.74) is 0. The molecule has 0 atom stereocenters. The first kappa shape index (κ1) is 11.5. The van der Waals surface area contributed by atoms with Crippen molar-refractivity contribution < 1.29 is 9.13 Å². The molecule has 2 nitrogen and oxygen atoms in total. The fourth-order valence-corrected chi connectivity index (χ4v) is 1.23. The van der Waals surface area contributed by atoms with Gasteiger partial charge in [0.05, 0.1) is 12.7 Å². The van der Waals surface area contributed by atoms with Crippen LogP contribution in [-0.4, -0.2) is 6.61 Å². The molecule has 15 heavy (non-hydrogen) atoms. The van der Waals surface area contributed by atoms with Gasteiger partial charge in [-0.05, 0) is 31.4 Å². The molecule has 1 rings (SSSR count). The minimum Gasteiger partial charge on any atom is -0.491 e. The van der Waals surface area contributed by atoms with E-state index in [0.29, 0.717) is 18.8 Å². The molecule has 0 aliphatic heterocycles. The topological polar surface area (TPSA) is 33.0 Å². The van der Waals surface area contributed by atoms with Gasteiger partial charge in [0.1, 0.15) is 0 Å². The molecule has 1 aromatic rings. The first-order chi connectivity index (χ1) is 7.34. The normalized spacial score (nSPS) is 9.60. The van der Waals surface area contributed by atoms with E-state index in [9.17, 15) is 4.39 Å². The molecular weight excluding hydrogens is 193 g/mol. The molecule has 0 amide bonds. The van der Waals surface area contributed by atoms with E-state index in [1.165, 1.54) is 6.07 Å². The number of benzene rings is 1. The number of hydrogen-bond donors (Lipinski definition) is 0. The first-order valence-corrected chi connectivity index (χ1v) is 5.09. The second-order valence-electron chi connectivity index (χ2n) is 3.25. The molecule has 0 fully saturated rings. The Hall–Kier alpha value is -1.56. The number of para-hydroxylation sites is 1. The Morgan fingerprint density at radius 2 is 2.00 bits per heavy atom. The average Bonchev–Trinajstić information content (AvgIpc) is 2.25. The Morgan fingerprint density at radius 3 is 2.73 bits per heavy atom. The van der Waals surface area contributed by atoms with E-state index in [2.05, 4.69) is 6.07 Å². The highest BCUT2D eigenvalue weighted by Gasteiger charge is 2.00. The van der Waals surface area contributed by atoms with Crippen LogP contribution in [0.25, 0.3) is 0 Å². The molecular formula is C12H14FNO. The molecule has 0 aliphatic rings. The van der Waals surface area contributed by atoms with E-state index >= 15 is 0 Å². The van der Waals surface area contributed by atoms with Crippen LogP contribution in [-0.2, 0) is 0 Å². The average molecular weight is 207 g/mol. The van der Waals surface area contributed by atoms with E-state index in [4.69, 9.17) is 10.00 Å². The minimum absolute atomic E-state index is 0.304. The SMILES string of the molecule is N#CCCCCCOc1ccccc1F. The number of rotatable bonds is 6. The summed E-state index contributed by atoms with van der Waals surface area (Å²) in [6.45, 7) is 0.506. The van der Waals surface area contributed by atoms with Crippen LogP contribution < -0.4 is 4.74 Å². The first-order valence-electron chi connectivity index (χ1n) is 5.09. The number of hydrogen-bond acceptors (Lipinski definition) is 2. The number of halogens is 1. The molecule has 0 heterocycles. The summed E-state index contributed by atoms with van der Waals surface area (Å²) in [7, 11) is 0. The van der Waals surface area contributed by atoms with Crippen molar-refractivity contribution in [3.63, 3.8) is 0 Å². The highest BCUT2D eigenvalue weighted by atomic mass is 19.1. The van der Waals surface area contributed by atoms with Gasteiger partial charge in [0.15, 0.2) is 11.6 Å². The van der Waals surface area contributed by atoms with Crippen molar-refractivity contribution in [2.24, 2.45) is 0 Å². The molecule has 0 spiro atoms. The molecule has 1 aromatic carbocycles. The molecule has 0 saturated heterocycles.